The summed E-state index contributed by atoms with van der Waals surface area (Å²) in [4.78, 5) is 13.1. The van der Waals surface area contributed by atoms with Gasteiger partial charge >= 0.3 is 0 Å². The minimum Gasteiger partial charge on any atom is -0.321 e. The lowest BCUT2D eigenvalue weighted by atomic mass is 10.1. The maximum absolute atomic E-state index is 13.2. The van der Waals surface area contributed by atoms with Crippen LogP contribution >= 0.6 is 0 Å². The summed E-state index contributed by atoms with van der Waals surface area (Å²) in [5, 5.41) is 2.68. The first-order valence-corrected chi connectivity index (χ1v) is 13.8. The molecule has 2 aromatic rings. The molecule has 3 rings (SSSR count). The van der Waals surface area contributed by atoms with Crippen molar-refractivity contribution in [3.63, 3.8) is 0 Å². The first-order chi connectivity index (χ1) is 15.3. The van der Waals surface area contributed by atoms with Gasteiger partial charge in [-0.05, 0) is 70.4 Å². The molecule has 0 unspecified atom stereocenters. The van der Waals surface area contributed by atoms with Crippen LogP contribution in [0.2, 0.25) is 0 Å². The fraction of sp³-hybridized carbons (Fsp3) is 0.435. The van der Waals surface area contributed by atoms with E-state index in [0.717, 1.165) is 19.3 Å². The fourth-order valence-corrected chi connectivity index (χ4v) is 6.81. The third-order valence-corrected chi connectivity index (χ3v) is 8.99. The van der Waals surface area contributed by atoms with Crippen LogP contribution in [0.1, 0.15) is 56.0 Å². The molecule has 10 heteroatoms. The van der Waals surface area contributed by atoms with E-state index < -0.39 is 31.5 Å². The Morgan fingerprint density at radius 3 is 2.21 bits per heavy atom. The van der Waals surface area contributed by atoms with Crippen LogP contribution in [-0.2, 0) is 20.0 Å². The zero-order valence-electron chi connectivity index (χ0n) is 19.4. The molecule has 0 aromatic heterocycles. The number of hydrogen-bond donors (Lipinski definition) is 2. The molecule has 180 valence electrons. The van der Waals surface area contributed by atoms with Gasteiger partial charge in [0, 0.05) is 24.2 Å². The molecule has 1 fully saturated rings. The van der Waals surface area contributed by atoms with Crippen LogP contribution in [0.3, 0.4) is 0 Å². The number of piperidine rings is 1. The van der Waals surface area contributed by atoms with Crippen molar-refractivity contribution in [2.45, 2.75) is 62.3 Å². The smallest absolute Gasteiger partial charge is 0.256 e. The maximum Gasteiger partial charge on any atom is 0.256 e. The summed E-state index contributed by atoms with van der Waals surface area (Å²) < 4.78 is 55.9. The average Bonchev–Trinajstić information content (AvgIpc) is 2.73. The molecule has 0 saturated carbocycles. The van der Waals surface area contributed by atoms with Crippen LogP contribution in [0.15, 0.2) is 52.3 Å². The number of carbonyl (C=O) groups is 1. The zero-order chi connectivity index (χ0) is 24.4. The number of anilines is 1. The van der Waals surface area contributed by atoms with E-state index in [0.29, 0.717) is 18.7 Å². The van der Waals surface area contributed by atoms with Gasteiger partial charge in [0.1, 0.15) is 4.90 Å². The highest BCUT2D eigenvalue weighted by Crippen LogP contribution is 2.28. The Morgan fingerprint density at radius 1 is 0.939 bits per heavy atom. The number of rotatable bonds is 6. The quantitative estimate of drug-likeness (QED) is 0.640. The van der Waals surface area contributed by atoms with E-state index >= 15 is 0 Å². The normalized spacial score (nSPS) is 15.9. The maximum atomic E-state index is 13.2. The molecule has 1 heterocycles. The van der Waals surface area contributed by atoms with Crippen LogP contribution < -0.4 is 10.0 Å². The molecule has 0 radical (unpaired) electrons. The standard InChI is InChI=1S/C23H31N3O5S2/c1-17-12-13-18(32(28,29)25-23(2,3)4)16-19(17)22(27)24-20-10-6-7-11-21(20)33(30,31)26-14-8-5-9-15-26/h6-7,10-13,16,25H,5,8-9,14-15H2,1-4H3,(H,24,27). The van der Waals surface area contributed by atoms with Crippen molar-refractivity contribution in [2.24, 2.45) is 0 Å². The number of carbonyl (C=O) groups excluding carboxylic acids is 1. The average molecular weight is 494 g/mol. The third kappa shape index (κ3) is 6.00. The second-order valence-electron chi connectivity index (χ2n) is 9.25. The molecule has 2 aromatic carbocycles. The van der Waals surface area contributed by atoms with Crippen LogP contribution in [0.4, 0.5) is 5.69 Å². The van der Waals surface area contributed by atoms with Gasteiger partial charge in [-0.3, -0.25) is 4.79 Å². The number of amides is 1. The first kappa shape index (κ1) is 25.4. The van der Waals surface area contributed by atoms with Crippen molar-refractivity contribution in [1.82, 2.24) is 9.03 Å². The Bertz CT molecular complexity index is 1240. The summed E-state index contributed by atoms with van der Waals surface area (Å²) in [6.45, 7) is 7.78. The lowest BCUT2D eigenvalue weighted by molar-refractivity contribution is 0.102. The summed E-state index contributed by atoms with van der Waals surface area (Å²) in [5.41, 5.74) is 0.192. The molecule has 1 aliphatic rings. The van der Waals surface area contributed by atoms with E-state index in [4.69, 9.17) is 0 Å². The predicted octanol–water partition coefficient (Wildman–Crippen LogP) is 3.50. The molecule has 1 aliphatic heterocycles. The Morgan fingerprint density at radius 2 is 1.58 bits per heavy atom. The molecule has 8 nitrogen and oxygen atoms in total. The number of aryl methyl sites for hydroxylation is 1. The SMILES string of the molecule is Cc1ccc(S(=O)(=O)NC(C)(C)C)cc1C(=O)Nc1ccccc1S(=O)(=O)N1CCCCC1. The highest BCUT2D eigenvalue weighted by atomic mass is 32.2. The van der Waals surface area contributed by atoms with Crippen LogP contribution in [0.25, 0.3) is 0 Å². The van der Waals surface area contributed by atoms with E-state index in [1.165, 1.54) is 28.6 Å². The molecule has 1 amide bonds. The molecular formula is C23H31N3O5S2. The van der Waals surface area contributed by atoms with E-state index in [1.807, 2.05) is 0 Å². The zero-order valence-corrected chi connectivity index (χ0v) is 21.0. The second-order valence-corrected chi connectivity index (χ2v) is 12.8. The van der Waals surface area contributed by atoms with Gasteiger partial charge in [-0.15, -0.1) is 0 Å². The van der Waals surface area contributed by atoms with Crippen molar-refractivity contribution >= 4 is 31.6 Å². The van der Waals surface area contributed by atoms with Crippen molar-refractivity contribution in [2.75, 3.05) is 18.4 Å². The molecular weight excluding hydrogens is 462 g/mol. The molecule has 0 bridgehead atoms. The minimum atomic E-state index is -3.84. The van der Waals surface area contributed by atoms with Crippen LogP contribution in [0, 0.1) is 6.92 Å². The topological polar surface area (TPSA) is 113 Å². The van der Waals surface area contributed by atoms with Crippen molar-refractivity contribution in [3.05, 3.63) is 53.6 Å². The highest BCUT2D eigenvalue weighted by molar-refractivity contribution is 7.89. The van der Waals surface area contributed by atoms with Gasteiger partial charge in [0.25, 0.3) is 5.91 Å². The van der Waals surface area contributed by atoms with E-state index in [1.54, 1.807) is 45.9 Å². The van der Waals surface area contributed by atoms with E-state index in [-0.39, 0.29) is 21.0 Å². The molecule has 0 atom stereocenters. The summed E-state index contributed by atoms with van der Waals surface area (Å²) >= 11 is 0. The number of benzene rings is 2. The minimum absolute atomic E-state index is 0.0241. The third-order valence-electron chi connectivity index (χ3n) is 5.27. The van der Waals surface area contributed by atoms with Crippen LogP contribution in [0.5, 0.6) is 0 Å². The van der Waals surface area contributed by atoms with Gasteiger partial charge in [0.05, 0.1) is 10.6 Å². The van der Waals surface area contributed by atoms with Gasteiger partial charge in [0.15, 0.2) is 0 Å². The van der Waals surface area contributed by atoms with Crippen molar-refractivity contribution < 1.29 is 21.6 Å². The van der Waals surface area contributed by atoms with Gasteiger partial charge < -0.3 is 5.32 Å². The number of nitrogens with zero attached hydrogens (tertiary/aromatic N) is 1. The lowest BCUT2D eigenvalue weighted by Gasteiger charge is -2.26. The van der Waals surface area contributed by atoms with Crippen molar-refractivity contribution in [3.8, 4) is 0 Å². The van der Waals surface area contributed by atoms with Crippen molar-refractivity contribution in [1.29, 1.82) is 0 Å². The summed E-state index contributed by atoms with van der Waals surface area (Å²) in [6.07, 6.45) is 2.60. The fourth-order valence-electron chi connectivity index (χ4n) is 3.70. The van der Waals surface area contributed by atoms with Gasteiger partial charge in [-0.1, -0.05) is 24.6 Å². The first-order valence-electron chi connectivity index (χ1n) is 10.9. The Labute approximate surface area is 196 Å². The molecule has 0 aliphatic carbocycles. The largest absolute Gasteiger partial charge is 0.321 e. The highest BCUT2D eigenvalue weighted by Gasteiger charge is 2.29. The molecule has 2 N–H and O–H groups in total. The Balaban J connectivity index is 1.93. The van der Waals surface area contributed by atoms with Gasteiger partial charge in [0.2, 0.25) is 20.0 Å². The summed E-state index contributed by atoms with van der Waals surface area (Å²) in [6, 6.07) is 10.6. The predicted molar refractivity (Wildman–Crippen MR) is 128 cm³/mol. The number of hydrogen-bond acceptors (Lipinski definition) is 5. The summed E-state index contributed by atoms with van der Waals surface area (Å²) in [7, 11) is -7.61. The number of sulfonamides is 2. The lowest BCUT2D eigenvalue weighted by Crippen LogP contribution is -2.40. The molecule has 0 spiro atoms. The Hall–Kier alpha value is -2.27. The van der Waals surface area contributed by atoms with E-state index in [2.05, 4.69) is 10.0 Å². The van der Waals surface area contributed by atoms with Gasteiger partial charge in [-0.2, -0.15) is 4.31 Å². The number of para-hydroxylation sites is 1. The summed E-state index contributed by atoms with van der Waals surface area (Å²) in [5.74, 6) is -0.582. The molecule has 1 saturated heterocycles. The second kappa shape index (κ2) is 9.54. The van der Waals surface area contributed by atoms with Gasteiger partial charge in [-0.25, -0.2) is 21.6 Å². The monoisotopic (exact) mass is 493 g/mol. The number of nitrogens with one attached hydrogen (secondary N) is 2. The van der Waals surface area contributed by atoms with E-state index in [9.17, 15) is 21.6 Å². The Kier molecular flexibility index (Phi) is 7.33. The van der Waals surface area contributed by atoms with Crippen LogP contribution in [-0.4, -0.2) is 45.7 Å². The molecule has 33 heavy (non-hydrogen) atoms.